The lowest BCUT2D eigenvalue weighted by Crippen LogP contribution is -2.27. The molecular weight excluding hydrogens is 715 g/mol. The third-order valence-corrected chi connectivity index (χ3v) is 16.0. The average molecular weight is 750 g/mol. The monoisotopic (exact) mass is 749 g/mol. The van der Waals surface area contributed by atoms with Gasteiger partial charge < -0.3 is 4.40 Å². The smallest absolute Gasteiger partial charge is 0.175 e. The molecule has 274 valence electrons. The van der Waals surface area contributed by atoms with Crippen LogP contribution in [-0.2, 0) is 25.7 Å². The van der Waals surface area contributed by atoms with Crippen molar-refractivity contribution in [1.82, 2.24) is 4.40 Å². The number of benzene rings is 8. The van der Waals surface area contributed by atoms with Gasteiger partial charge in [-0.05, 0) is 145 Å². The van der Waals surface area contributed by atoms with E-state index in [0.717, 1.165) is 31.2 Å². The molecule has 0 fully saturated rings. The molecule has 0 saturated carbocycles. The molecule has 10 aromatic rings. The van der Waals surface area contributed by atoms with Crippen molar-refractivity contribution in [2.45, 2.75) is 49.4 Å². The maximum absolute atomic E-state index is 15.3. The molecule has 0 amide bonds. The van der Waals surface area contributed by atoms with Crippen molar-refractivity contribution in [3.05, 3.63) is 229 Å². The number of ketones is 1. The van der Waals surface area contributed by atoms with Crippen LogP contribution in [0.5, 0.6) is 0 Å². The number of hydrogen-bond donors (Lipinski definition) is 0. The molecule has 18 rings (SSSR count). The molecule has 0 N–H and O–H groups in total. The maximum Gasteiger partial charge on any atom is 0.175 e. The number of carbonyl (C=O) groups is 1. The van der Waals surface area contributed by atoms with Gasteiger partial charge in [0, 0.05) is 44.9 Å². The van der Waals surface area contributed by atoms with Gasteiger partial charge in [0.25, 0.3) is 0 Å². The normalized spacial score (nSPS) is 20.6. The fourth-order valence-electron chi connectivity index (χ4n) is 13.9. The lowest BCUT2D eigenvalue weighted by molar-refractivity contribution is 0.0974. The van der Waals surface area contributed by atoms with Crippen LogP contribution >= 0.6 is 0 Å². The molecule has 4 bridgehead atoms. The predicted octanol–water partition coefficient (Wildman–Crippen LogP) is 12.5. The second kappa shape index (κ2) is 10.1. The van der Waals surface area contributed by atoms with Crippen LogP contribution in [0.1, 0.15) is 117 Å². The number of carbonyl (C=O) groups excluding carboxylic acids is 1. The van der Waals surface area contributed by atoms with Crippen molar-refractivity contribution in [3.8, 4) is 11.1 Å². The van der Waals surface area contributed by atoms with E-state index in [1.165, 1.54) is 133 Å². The summed E-state index contributed by atoms with van der Waals surface area (Å²) in [5.41, 5.74) is 28.6. The first-order valence-corrected chi connectivity index (χ1v) is 21.6. The average Bonchev–Trinajstić information content (AvgIpc) is 3.73. The van der Waals surface area contributed by atoms with Gasteiger partial charge in [-0.15, -0.1) is 0 Å². The minimum atomic E-state index is -0.297. The summed E-state index contributed by atoms with van der Waals surface area (Å²) >= 11 is 0. The van der Waals surface area contributed by atoms with E-state index in [0.29, 0.717) is 0 Å². The van der Waals surface area contributed by atoms with Gasteiger partial charge >= 0.3 is 0 Å². The van der Waals surface area contributed by atoms with Crippen LogP contribution in [0.25, 0.3) is 49.2 Å². The molecule has 8 aliphatic carbocycles. The Morgan fingerprint density at radius 3 is 1.32 bits per heavy atom. The Bertz CT molecular complexity index is 3560. The van der Waals surface area contributed by atoms with E-state index in [-0.39, 0.29) is 29.5 Å². The molecule has 0 unspecified atom stereocenters. The summed E-state index contributed by atoms with van der Waals surface area (Å²) < 4.78 is 2.63. The van der Waals surface area contributed by atoms with E-state index < -0.39 is 0 Å². The van der Waals surface area contributed by atoms with Crippen molar-refractivity contribution in [1.29, 1.82) is 0 Å². The fraction of sp³-hybridized carbons (Fsp3) is 0.140. The Morgan fingerprint density at radius 2 is 0.814 bits per heavy atom. The molecular formula is C57H35NO. The van der Waals surface area contributed by atoms with Crippen LogP contribution in [0.15, 0.2) is 140 Å². The molecule has 0 spiro atoms. The van der Waals surface area contributed by atoms with Gasteiger partial charge in [0.2, 0.25) is 0 Å². The Morgan fingerprint density at radius 1 is 0.390 bits per heavy atom. The minimum absolute atomic E-state index is 0.0154. The van der Waals surface area contributed by atoms with Gasteiger partial charge in [0.05, 0.1) is 22.5 Å². The quantitative estimate of drug-likeness (QED) is 0.151. The highest BCUT2D eigenvalue weighted by atomic mass is 16.1. The van der Waals surface area contributed by atoms with Crippen LogP contribution in [0.2, 0.25) is 0 Å². The Balaban J connectivity index is 1.09. The molecule has 59 heavy (non-hydrogen) atoms. The molecule has 2 heterocycles. The van der Waals surface area contributed by atoms with Gasteiger partial charge in [-0.2, -0.15) is 0 Å². The fourth-order valence-corrected chi connectivity index (χ4v) is 13.9. The van der Waals surface area contributed by atoms with E-state index in [1.807, 2.05) is 0 Å². The summed E-state index contributed by atoms with van der Waals surface area (Å²) in [6.45, 7) is 0. The minimum Gasteiger partial charge on any atom is -0.308 e. The number of aryl methyl sites for hydroxylation is 4. The molecule has 0 atom stereocenters. The maximum atomic E-state index is 15.3. The predicted molar refractivity (Wildman–Crippen MR) is 236 cm³/mol. The molecule has 8 aromatic carbocycles. The number of aromatic nitrogens is 1. The van der Waals surface area contributed by atoms with Gasteiger partial charge in [0.15, 0.2) is 5.78 Å². The van der Waals surface area contributed by atoms with Crippen LogP contribution in [-0.4, -0.2) is 10.2 Å². The van der Waals surface area contributed by atoms with Gasteiger partial charge in [-0.3, -0.25) is 4.79 Å². The van der Waals surface area contributed by atoms with Gasteiger partial charge in [-0.1, -0.05) is 115 Å². The SMILES string of the molecule is O=C1c2cc3c(cc2C2c4ccccc4C1c1ccccc12)c1c2c4c(c5c6cc7c(cc6n3c15)C1c3ccccc3C7c3ccccc31)CCc1cccc(c1-4)CC2. The van der Waals surface area contributed by atoms with Crippen molar-refractivity contribution in [2.24, 2.45) is 0 Å². The molecule has 0 radical (unpaired) electrons. The Labute approximate surface area is 340 Å². The Kier molecular flexibility index (Phi) is 5.18. The second-order valence-electron chi connectivity index (χ2n) is 18.3. The molecule has 2 heteroatoms. The third kappa shape index (κ3) is 3.33. The van der Waals surface area contributed by atoms with E-state index >= 15 is 4.79 Å². The second-order valence-corrected chi connectivity index (χ2v) is 18.3. The van der Waals surface area contributed by atoms with Gasteiger partial charge in [0.1, 0.15) is 0 Å². The zero-order valence-corrected chi connectivity index (χ0v) is 32.3. The van der Waals surface area contributed by atoms with Crippen LogP contribution in [0.4, 0.5) is 0 Å². The Hall–Kier alpha value is -6.77. The number of fused-ring (bicyclic) bond motifs is 8. The number of nitrogens with zero attached hydrogens (tertiary/aromatic N) is 1. The summed E-state index contributed by atoms with van der Waals surface area (Å²) in [5, 5.41) is 5.53. The zero-order valence-electron chi connectivity index (χ0n) is 32.3. The lowest BCUT2D eigenvalue weighted by atomic mass is 9.61. The van der Waals surface area contributed by atoms with E-state index in [9.17, 15) is 0 Å². The largest absolute Gasteiger partial charge is 0.308 e. The number of hydrogen-bond acceptors (Lipinski definition) is 1. The van der Waals surface area contributed by atoms with Crippen molar-refractivity contribution < 1.29 is 4.79 Å². The van der Waals surface area contributed by atoms with E-state index in [1.54, 1.807) is 0 Å². The van der Waals surface area contributed by atoms with Crippen LogP contribution in [0.3, 0.4) is 0 Å². The molecule has 2 aromatic heterocycles. The topological polar surface area (TPSA) is 21.5 Å². The zero-order chi connectivity index (χ0) is 38.0. The summed E-state index contributed by atoms with van der Waals surface area (Å²) in [5.74, 6) is 0.359. The molecule has 2 nitrogen and oxygen atoms in total. The first-order valence-electron chi connectivity index (χ1n) is 21.6. The van der Waals surface area contributed by atoms with E-state index in [2.05, 4.69) is 144 Å². The third-order valence-electron chi connectivity index (χ3n) is 16.0. The first-order chi connectivity index (χ1) is 29.2. The standard InChI is InChI=1S/C57H35NO/c59-57-43-27-47-45(25-41(43)50-34-16-5-7-18-36(34)55(57)37-19-8-6-17-35(37)50)54-39-23-21-29-11-9-10-28-20-22-38(52(39)48(28)29)53-44-24-40-42(26-46(44)58(47)56(53)54)51-32-14-3-1-12-30(32)49(40)31-13-2-4-15-33(31)51/h1-19,24-27,49-51,55H,20-23H2. The number of rotatable bonds is 0. The van der Waals surface area contributed by atoms with Crippen molar-refractivity contribution >= 4 is 43.9 Å². The summed E-state index contributed by atoms with van der Waals surface area (Å²) in [4.78, 5) is 15.3. The summed E-state index contributed by atoms with van der Waals surface area (Å²) in [7, 11) is 0. The van der Waals surface area contributed by atoms with Gasteiger partial charge in [-0.25, -0.2) is 0 Å². The molecule has 8 aliphatic rings. The van der Waals surface area contributed by atoms with Crippen molar-refractivity contribution in [2.75, 3.05) is 0 Å². The molecule has 0 aliphatic heterocycles. The number of Topliss-reactive ketones (excluding diaryl/α,β-unsaturated/α-hetero) is 1. The van der Waals surface area contributed by atoms with E-state index in [4.69, 9.17) is 0 Å². The molecule has 0 saturated heterocycles. The summed E-state index contributed by atoms with van der Waals surface area (Å²) in [6.07, 6.45) is 4.21. The van der Waals surface area contributed by atoms with Crippen molar-refractivity contribution in [3.63, 3.8) is 0 Å². The highest BCUT2D eigenvalue weighted by Crippen LogP contribution is 2.60. The van der Waals surface area contributed by atoms with Crippen LogP contribution < -0.4 is 0 Å². The highest BCUT2D eigenvalue weighted by molar-refractivity contribution is 6.28. The first kappa shape index (κ1) is 30.3. The summed E-state index contributed by atoms with van der Waals surface area (Å²) in [6, 6.07) is 53.0. The van der Waals surface area contributed by atoms with Crippen LogP contribution in [0, 0.1) is 0 Å². The highest BCUT2D eigenvalue weighted by Gasteiger charge is 2.45. The lowest BCUT2D eigenvalue weighted by Gasteiger charge is -2.42.